The summed E-state index contributed by atoms with van der Waals surface area (Å²) in [5, 5.41) is 9.57. The van der Waals surface area contributed by atoms with Crippen molar-refractivity contribution in [3.63, 3.8) is 0 Å². The number of carboxylic acids is 1. The molecule has 0 radical (unpaired) electrons. The third-order valence-corrected chi connectivity index (χ3v) is 3.71. The molecule has 0 bridgehead atoms. The molecule has 6 heteroatoms. The first-order valence-corrected chi connectivity index (χ1v) is 8.06. The van der Waals surface area contributed by atoms with Crippen molar-refractivity contribution in [1.29, 1.82) is 0 Å². The van der Waals surface area contributed by atoms with Crippen molar-refractivity contribution in [2.45, 2.75) is 58.6 Å². The van der Waals surface area contributed by atoms with E-state index >= 15 is 0 Å². The van der Waals surface area contributed by atoms with Crippen LogP contribution in [-0.2, 0) is 14.3 Å². The fourth-order valence-electron chi connectivity index (χ4n) is 2.78. The highest BCUT2D eigenvalue weighted by atomic mass is 16.6. The van der Waals surface area contributed by atoms with Gasteiger partial charge in [-0.25, -0.2) is 9.59 Å². The Labute approximate surface area is 142 Å². The van der Waals surface area contributed by atoms with Crippen LogP contribution in [0, 0.1) is 5.92 Å². The normalized spacial score (nSPS) is 24.2. The number of carbonyl (C=O) groups is 2. The third-order valence-electron chi connectivity index (χ3n) is 3.71. The lowest BCUT2D eigenvalue weighted by Gasteiger charge is -2.32. The molecule has 0 aromatic heterocycles. The van der Waals surface area contributed by atoms with E-state index in [1.165, 1.54) is 4.90 Å². The summed E-state index contributed by atoms with van der Waals surface area (Å²) in [7, 11) is 0. The number of benzene rings is 1. The van der Waals surface area contributed by atoms with Crippen molar-refractivity contribution in [1.82, 2.24) is 4.90 Å². The van der Waals surface area contributed by atoms with E-state index in [0.717, 1.165) is 0 Å². The number of aliphatic carboxylic acids is 1. The lowest BCUT2D eigenvalue weighted by Crippen LogP contribution is -2.44. The fourth-order valence-corrected chi connectivity index (χ4v) is 2.78. The molecule has 1 N–H and O–H groups in total. The van der Waals surface area contributed by atoms with E-state index in [-0.39, 0.29) is 5.92 Å². The molecule has 0 spiro atoms. The van der Waals surface area contributed by atoms with Gasteiger partial charge in [-0.2, -0.15) is 0 Å². The van der Waals surface area contributed by atoms with E-state index in [2.05, 4.69) is 0 Å². The van der Waals surface area contributed by atoms with Crippen molar-refractivity contribution >= 4 is 12.1 Å². The predicted octanol–water partition coefficient (Wildman–Crippen LogP) is 3.43. The molecule has 6 nitrogen and oxygen atoms in total. The monoisotopic (exact) mass is 335 g/mol. The van der Waals surface area contributed by atoms with Gasteiger partial charge in [0, 0.05) is 0 Å². The number of nitrogens with zero attached hydrogens (tertiary/aromatic N) is 1. The number of amides is 1. The maximum Gasteiger partial charge on any atom is 0.413 e. The second kappa shape index (κ2) is 6.81. The minimum Gasteiger partial charge on any atom is -0.479 e. The summed E-state index contributed by atoms with van der Waals surface area (Å²) >= 11 is 0. The molecule has 1 aromatic carbocycles. The average molecular weight is 335 g/mol. The van der Waals surface area contributed by atoms with Crippen LogP contribution in [0.5, 0.6) is 0 Å². The SMILES string of the molecule is CC(C)C1OC(C(=O)O)C(c2ccccc2)N1C(=O)OC(C)(C)C. The molecular formula is C18H25NO5. The number of ether oxygens (including phenoxy) is 2. The van der Waals surface area contributed by atoms with Gasteiger partial charge in [-0.1, -0.05) is 44.2 Å². The molecule has 3 unspecified atom stereocenters. The molecule has 2 rings (SSSR count). The van der Waals surface area contributed by atoms with E-state index in [0.29, 0.717) is 5.56 Å². The van der Waals surface area contributed by atoms with Crippen molar-refractivity contribution in [3.8, 4) is 0 Å². The first kappa shape index (κ1) is 18.3. The number of hydrogen-bond donors (Lipinski definition) is 1. The number of carbonyl (C=O) groups excluding carboxylic acids is 1. The smallest absolute Gasteiger partial charge is 0.413 e. The highest BCUT2D eigenvalue weighted by Crippen LogP contribution is 2.39. The maximum absolute atomic E-state index is 12.8. The van der Waals surface area contributed by atoms with Gasteiger partial charge < -0.3 is 14.6 Å². The summed E-state index contributed by atoms with van der Waals surface area (Å²) in [5.41, 5.74) is 0.0279. The van der Waals surface area contributed by atoms with E-state index < -0.39 is 36.0 Å². The Balaban J connectivity index is 2.46. The molecule has 0 aliphatic carbocycles. The zero-order valence-electron chi connectivity index (χ0n) is 14.7. The van der Waals surface area contributed by atoms with Gasteiger partial charge in [0.2, 0.25) is 0 Å². The fraction of sp³-hybridized carbons (Fsp3) is 0.556. The van der Waals surface area contributed by atoms with Crippen LogP contribution in [-0.4, -0.2) is 40.0 Å². The van der Waals surface area contributed by atoms with E-state index in [9.17, 15) is 14.7 Å². The first-order chi connectivity index (χ1) is 11.1. The first-order valence-electron chi connectivity index (χ1n) is 8.06. The van der Waals surface area contributed by atoms with Crippen LogP contribution < -0.4 is 0 Å². The molecule has 1 fully saturated rings. The third kappa shape index (κ3) is 3.87. The van der Waals surface area contributed by atoms with Crippen LogP contribution in [0.2, 0.25) is 0 Å². The average Bonchev–Trinajstić information content (AvgIpc) is 2.87. The summed E-state index contributed by atoms with van der Waals surface area (Å²) in [6.45, 7) is 9.10. The molecular weight excluding hydrogens is 310 g/mol. The Morgan fingerprint density at radius 2 is 1.79 bits per heavy atom. The standard InChI is InChI=1S/C18H25NO5/c1-11(2)15-19(17(22)24-18(3,4)5)13(14(23-15)16(20)21)12-9-7-6-8-10-12/h6-11,13-15H,1-5H3,(H,20,21). The van der Waals surface area contributed by atoms with Gasteiger partial charge in [0.05, 0.1) is 0 Å². The summed E-state index contributed by atoms with van der Waals surface area (Å²) in [4.78, 5) is 25.9. The Bertz CT molecular complexity index is 593. The van der Waals surface area contributed by atoms with Crippen molar-refractivity contribution in [3.05, 3.63) is 35.9 Å². The van der Waals surface area contributed by atoms with E-state index in [1.807, 2.05) is 32.0 Å². The molecule has 1 amide bonds. The summed E-state index contributed by atoms with van der Waals surface area (Å²) in [5.74, 6) is -1.17. The summed E-state index contributed by atoms with van der Waals surface area (Å²) in [6.07, 6.45) is -2.36. The topological polar surface area (TPSA) is 76.1 Å². The van der Waals surface area contributed by atoms with Gasteiger partial charge in [0.15, 0.2) is 6.10 Å². The van der Waals surface area contributed by atoms with Gasteiger partial charge in [0.1, 0.15) is 17.9 Å². The Morgan fingerprint density at radius 1 is 1.21 bits per heavy atom. The number of carboxylic acid groups (broad SMARTS) is 1. The van der Waals surface area contributed by atoms with Crippen LogP contribution >= 0.6 is 0 Å². The summed E-state index contributed by atoms with van der Waals surface area (Å²) < 4.78 is 11.2. The van der Waals surface area contributed by atoms with Gasteiger partial charge in [-0.3, -0.25) is 4.90 Å². The minimum atomic E-state index is -1.13. The lowest BCUT2D eigenvalue weighted by atomic mass is 10.0. The van der Waals surface area contributed by atoms with Crippen molar-refractivity contribution < 1.29 is 24.2 Å². The highest BCUT2D eigenvalue weighted by Gasteiger charge is 2.51. The second-order valence-electron chi connectivity index (χ2n) is 7.27. The molecule has 24 heavy (non-hydrogen) atoms. The van der Waals surface area contributed by atoms with Crippen LogP contribution in [0.15, 0.2) is 30.3 Å². The molecule has 1 aromatic rings. The van der Waals surface area contributed by atoms with Crippen LogP contribution in [0.1, 0.15) is 46.2 Å². The molecule has 3 atom stereocenters. The number of hydrogen-bond acceptors (Lipinski definition) is 4. The lowest BCUT2D eigenvalue weighted by molar-refractivity contribution is -0.151. The van der Waals surface area contributed by atoms with Gasteiger partial charge in [-0.15, -0.1) is 0 Å². The molecule has 1 aliphatic rings. The Hall–Kier alpha value is -2.08. The molecule has 1 saturated heterocycles. The van der Waals surface area contributed by atoms with Gasteiger partial charge >= 0.3 is 12.1 Å². The largest absolute Gasteiger partial charge is 0.479 e. The van der Waals surface area contributed by atoms with Crippen molar-refractivity contribution in [2.24, 2.45) is 5.92 Å². The Morgan fingerprint density at radius 3 is 2.25 bits per heavy atom. The van der Waals surface area contributed by atoms with Crippen LogP contribution in [0.25, 0.3) is 0 Å². The van der Waals surface area contributed by atoms with Crippen LogP contribution in [0.4, 0.5) is 4.79 Å². The molecule has 0 saturated carbocycles. The second-order valence-corrected chi connectivity index (χ2v) is 7.27. The Kier molecular flexibility index (Phi) is 5.18. The molecule has 1 aliphatic heterocycles. The number of rotatable bonds is 3. The van der Waals surface area contributed by atoms with Crippen LogP contribution in [0.3, 0.4) is 0 Å². The molecule has 132 valence electrons. The molecule has 1 heterocycles. The van der Waals surface area contributed by atoms with E-state index in [4.69, 9.17) is 9.47 Å². The zero-order chi connectivity index (χ0) is 18.1. The van der Waals surface area contributed by atoms with Crippen molar-refractivity contribution in [2.75, 3.05) is 0 Å². The summed E-state index contributed by atoms with van der Waals surface area (Å²) in [6, 6.07) is 8.32. The van der Waals surface area contributed by atoms with Gasteiger partial charge in [0.25, 0.3) is 0 Å². The van der Waals surface area contributed by atoms with Gasteiger partial charge in [-0.05, 0) is 32.3 Å². The maximum atomic E-state index is 12.8. The predicted molar refractivity (Wildman–Crippen MR) is 88.4 cm³/mol. The minimum absolute atomic E-state index is 0.0759. The zero-order valence-corrected chi connectivity index (χ0v) is 14.7. The van der Waals surface area contributed by atoms with E-state index in [1.54, 1.807) is 32.9 Å². The highest BCUT2D eigenvalue weighted by molar-refractivity contribution is 5.77. The quantitative estimate of drug-likeness (QED) is 0.916.